The fourth-order valence-electron chi connectivity index (χ4n) is 4.65. The van der Waals surface area contributed by atoms with E-state index in [1.807, 2.05) is 18.3 Å². The first-order chi connectivity index (χ1) is 14.1. The summed E-state index contributed by atoms with van der Waals surface area (Å²) in [5, 5.41) is 3.92. The summed E-state index contributed by atoms with van der Waals surface area (Å²) in [5.41, 5.74) is 3.44. The standard InChI is InChI=1S/C23H15FN2O3.ClH/c24-16-7-6-13-8-10-29-21(13)18(16)19-17(22(27)25-23(19)28)15-11-26-9-2-4-12-3-1-5-14(15)20(12)26;/h1,3,5-8,10-11H,2,4,9H2,(H,25,27,28);1H. The van der Waals surface area contributed by atoms with Crippen LogP contribution in [0.2, 0.25) is 0 Å². The lowest BCUT2D eigenvalue weighted by Gasteiger charge is -2.14. The van der Waals surface area contributed by atoms with Crippen LogP contribution in [0.1, 0.15) is 23.1 Å². The largest absolute Gasteiger partial charge is 0.464 e. The van der Waals surface area contributed by atoms with Gasteiger partial charge in [-0.3, -0.25) is 14.9 Å². The summed E-state index contributed by atoms with van der Waals surface area (Å²) in [6, 6.07) is 10.6. The first-order valence-electron chi connectivity index (χ1n) is 9.50. The number of aromatic nitrogens is 1. The lowest BCUT2D eigenvalue weighted by molar-refractivity contribution is -0.122. The maximum atomic E-state index is 14.9. The molecule has 5 nitrogen and oxygen atoms in total. The summed E-state index contributed by atoms with van der Waals surface area (Å²) >= 11 is 0. The molecule has 0 radical (unpaired) electrons. The van der Waals surface area contributed by atoms with E-state index in [2.05, 4.69) is 16.0 Å². The quantitative estimate of drug-likeness (QED) is 0.485. The highest BCUT2D eigenvalue weighted by Gasteiger charge is 2.37. The van der Waals surface area contributed by atoms with Gasteiger partial charge in [0.25, 0.3) is 11.8 Å². The topological polar surface area (TPSA) is 64.2 Å². The zero-order valence-corrected chi connectivity index (χ0v) is 16.5. The van der Waals surface area contributed by atoms with Gasteiger partial charge in [0.05, 0.1) is 28.5 Å². The van der Waals surface area contributed by atoms with Crippen LogP contribution >= 0.6 is 12.4 Å². The smallest absolute Gasteiger partial charge is 0.259 e. The van der Waals surface area contributed by atoms with Gasteiger partial charge in [0.15, 0.2) is 0 Å². The molecule has 2 aliphatic heterocycles. The number of aryl methyl sites for hydroxylation is 2. The summed E-state index contributed by atoms with van der Waals surface area (Å²) in [5.74, 6) is -1.73. The lowest BCUT2D eigenvalue weighted by Crippen LogP contribution is -2.23. The monoisotopic (exact) mass is 422 g/mol. The van der Waals surface area contributed by atoms with Gasteiger partial charge in [-0.1, -0.05) is 18.2 Å². The van der Waals surface area contributed by atoms with Crippen LogP contribution in [0.4, 0.5) is 4.39 Å². The van der Waals surface area contributed by atoms with Crippen molar-refractivity contribution < 1.29 is 18.4 Å². The number of benzene rings is 2. The van der Waals surface area contributed by atoms with E-state index in [0.29, 0.717) is 10.9 Å². The molecule has 0 atom stereocenters. The van der Waals surface area contributed by atoms with E-state index in [9.17, 15) is 14.0 Å². The molecule has 0 fully saturated rings. The van der Waals surface area contributed by atoms with Crippen LogP contribution in [0.15, 0.2) is 53.3 Å². The number of rotatable bonds is 2. The fraction of sp³-hybridized carbons (Fsp3) is 0.130. The molecule has 0 saturated heterocycles. The minimum absolute atomic E-state index is 0. The van der Waals surface area contributed by atoms with Gasteiger partial charge in [-0.25, -0.2) is 4.39 Å². The van der Waals surface area contributed by atoms with Crippen LogP contribution in [0.5, 0.6) is 0 Å². The van der Waals surface area contributed by atoms with Gasteiger partial charge in [0.2, 0.25) is 0 Å². The normalized spacial score (nSPS) is 15.8. The van der Waals surface area contributed by atoms with E-state index in [4.69, 9.17) is 4.42 Å². The Hall–Kier alpha value is -3.38. The molecule has 2 aliphatic rings. The number of hydrogen-bond donors (Lipinski definition) is 1. The van der Waals surface area contributed by atoms with Gasteiger partial charge in [-0.15, -0.1) is 12.4 Å². The first-order valence-corrected chi connectivity index (χ1v) is 9.50. The second-order valence-corrected chi connectivity index (χ2v) is 7.45. The van der Waals surface area contributed by atoms with Crippen LogP contribution in [0, 0.1) is 5.82 Å². The Kier molecular flexibility index (Phi) is 4.08. The Labute approximate surface area is 176 Å². The van der Waals surface area contributed by atoms with Crippen LogP contribution in [0.3, 0.4) is 0 Å². The van der Waals surface area contributed by atoms with Gasteiger partial charge in [0, 0.05) is 29.1 Å². The minimum atomic E-state index is -0.611. The van der Waals surface area contributed by atoms with E-state index in [1.165, 1.54) is 17.9 Å². The molecule has 2 aromatic carbocycles. The molecule has 1 N–H and O–H groups in total. The number of para-hydroxylation sites is 1. The number of nitrogens with zero attached hydrogens (tertiary/aromatic N) is 1. The van der Waals surface area contributed by atoms with Crippen molar-refractivity contribution in [2.45, 2.75) is 19.4 Å². The van der Waals surface area contributed by atoms with Crippen molar-refractivity contribution in [1.82, 2.24) is 9.88 Å². The summed E-state index contributed by atoms with van der Waals surface area (Å²) in [6.07, 6.45) is 5.33. The molecular weight excluding hydrogens is 407 g/mol. The second kappa shape index (κ2) is 6.57. The zero-order chi connectivity index (χ0) is 19.7. The number of hydrogen-bond acceptors (Lipinski definition) is 3. The molecule has 30 heavy (non-hydrogen) atoms. The number of fused-ring (bicyclic) bond motifs is 1. The Morgan fingerprint density at radius 1 is 1.03 bits per heavy atom. The van der Waals surface area contributed by atoms with Gasteiger partial charge in [0.1, 0.15) is 11.4 Å². The van der Waals surface area contributed by atoms with Crippen molar-refractivity contribution in [2.75, 3.05) is 0 Å². The highest BCUT2D eigenvalue weighted by molar-refractivity contribution is 6.50. The number of carbonyl (C=O) groups excluding carboxylic acids is 2. The molecule has 7 heteroatoms. The third-order valence-corrected chi connectivity index (χ3v) is 5.85. The number of halogens is 2. The Morgan fingerprint density at radius 2 is 1.87 bits per heavy atom. The van der Waals surface area contributed by atoms with E-state index < -0.39 is 17.6 Å². The average molecular weight is 423 g/mol. The molecule has 0 bridgehead atoms. The molecular formula is C23H16ClFN2O3. The van der Waals surface area contributed by atoms with Crippen molar-refractivity contribution in [3.05, 3.63) is 71.4 Å². The Balaban J connectivity index is 0.00000193. The molecule has 4 heterocycles. The van der Waals surface area contributed by atoms with Gasteiger partial charge >= 0.3 is 0 Å². The average Bonchev–Trinajstić information content (AvgIpc) is 3.40. The van der Waals surface area contributed by atoms with Crippen molar-refractivity contribution in [1.29, 1.82) is 0 Å². The Morgan fingerprint density at radius 3 is 2.73 bits per heavy atom. The summed E-state index contributed by atoms with van der Waals surface area (Å²) in [4.78, 5) is 25.6. The molecule has 6 rings (SSSR count). The Bertz CT molecular complexity index is 1410. The predicted molar refractivity (Wildman–Crippen MR) is 114 cm³/mol. The summed E-state index contributed by atoms with van der Waals surface area (Å²) < 4.78 is 22.5. The SMILES string of the molecule is Cl.O=C1NC(=O)C(c2c(F)ccc3ccoc23)=C1c1cn2c3c(cccc13)CCC2. The van der Waals surface area contributed by atoms with E-state index in [1.54, 1.807) is 12.1 Å². The third-order valence-electron chi connectivity index (χ3n) is 5.85. The number of carbonyl (C=O) groups is 2. The van der Waals surface area contributed by atoms with Crippen molar-refractivity contribution in [3.63, 3.8) is 0 Å². The van der Waals surface area contributed by atoms with Gasteiger partial charge in [-0.05, 0) is 36.6 Å². The highest BCUT2D eigenvalue weighted by atomic mass is 35.5. The molecule has 0 aliphatic carbocycles. The van der Waals surface area contributed by atoms with Crippen LogP contribution in [-0.4, -0.2) is 16.4 Å². The van der Waals surface area contributed by atoms with Crippen LogP contribution in [-0.2, 0) is 22.6 Å². The van der Waals surface area contributed by atoms with E-state index >= 15 is 0 Å². The molecule has 150 valence electrons. The third kappa shape index (κ3) is 2.40. The van der Waals surface area contributed by atoms with Crippen LogP contribution in [0.25, 0.3) is 33.0 Å². The molecule has 2 aromatic heterocycles. The predicted octanol–water partition coefficient (Wildman–Crippen LogP) is 4.46. The van der Waals surface area contributed by atoms with Crippen molar-refractivity contribution in [3.8, 4) is 0 Å². The number of amides is 2. The van der Waals surface area contributed by atoms with E-state index in [0.717, 1.165) is 30.3 Å². The number of furan rings is 1. The van der Waals surface area contributed by atoms with Gasteiger partial charge < -0.3 is 8.98 Å². The van der Waals surface area contributed by atoms with Crippen molar-refractivity contribution >= 4 is 57.2 Å². The first kappa shape index (κ1) is 18.6. The summed E-state index contributed by atoms with van der Waals surface area (Å²) in [6.45, 7) is 0.841. The second-order valence-electron chi connectivity index (χ2n) is 7.45. The van der Waals surface area contributed by atoms with Crippen LogP contribution < -0.4 is 5.32 Å². The maximum Gasteiger partial charge on any atom is 0.259 e. The molecule has 0 unspecified atom stereocenters. The molecule has 2 amide bonds. The van der Waals surface area contributed by atoms with Crippen molar-refractivity contribution in [2.24, 2.45) is 0 Å². The number of nitrogens with one attached hydrogen (secondary N) is 1. The fourth-order valence-corrected chi connectivity index (χ4v) is 4.65. The highest BCUT2D eigenvalue weighted by Crippen LogP contribution is 2.40. The maximum absolute atomic E-state index is 14.9. The summed E-state index contributed by atoms with van der Waals surface area (Å²) in [7, 11) is 0. The minimum Gasteiger partial charge on any atom is -0.464 e. The van der Waals surface area contributed by atoms with E-state index in [-0.39, 0.29) is 34.7 Å². The lowest BCUT2D eigenvalue weighted by atomic mass is 9.94. The number of imide groups is 1. The zero-order valence-electron chi connectivity index (χ0n) is 15.7. The van der Waals surface area contributed by atoms with Gasteiger partial charge in [-0.2, -0.15) is 0 Å². The molecule has 0 saturated carbocycles. The molecule has 0 spiro atoms. The molecule has 4 aromatic rings.